The van der Waals surface area contributed by atoms with Crippen LogP contribution in [0.3, 0.4) is 0 Å². The summed E-state index contributed by atoms with van der Waals surface area (Å²) in [4.78, 5) is 16.5. The van der Waals surface area contributed by atoms with Gasteiger partial charge < -0.3 is 15.5 Å². The molecule has 0 spiro atoms. The summed E-state index contributed by atoms with van der Waals surface area (Å²) >= 11 is 0. The van der Waals surface area contributed by atoms with E-state index in [1.54, 1.807) is 4.90 Å². The van der Waals surface area contributed by atoms with Gasteiger partial charge in [0.05, 0.1) is 5.92 Å². The van der Waals surface area contributed by atoms with Gasteiger partial charge in [-0.3, -0.25) is 4.79 Å². The summed E-state index contributed by atoms with van der Waals surface area (Å²) in [5, 5.41) is 0. The highest BCUT2D eigenvalue weighted by molar-refractivity contribution is 5.85. The van der Waals surface area contributed by atoms with Crippen molar-refractivity contribution in [3.8, 4) is 0 Å². The highest BCUT2D eigenvalue weighted by Gasteiger charge is 2.24. The molecule has 6 heteroatoms. The number of nitrogens with zero attached hydrogens (tertiary/aromatic N) is 2. The number of anilines is 1. The Bertz CT molecular complexity index is 640. The lowest BCUT2D eigenvalue weighted by molar-refractivity contribution is -0.134. The Morgan fingerprint density at radius 3 is 1.96 bits per heavy atom. The van der Waals surface area contributed by atoms with Crippen LogP contribution in [-0.4, -0.2) is 38.0 Å². The number of para-hydroxylation sites is 1. The molecule has 0 aliphatic rings. The van der Waals surface area contributed by atoms with Crippen LogP contribution in [0.4, 0.5) is 5.69 Å². The third-order valence-corrected chi connectivity index (χ3v) is 4.46. The fraction of sp³-hybridized carbons (Fsp3) is 0.350. The summed E-state index contributed by atoms with van der Waals surface area (Å²) in [6, 6.07) is 19.7. The van der Waals surface area contributed by atoms with Crippen LogP contribution in [0.5, 0.6) is 0 Å². The van der Waals surface area contributed by atoms with E-state index in [0.29, 0.717) is 6.54 Å². The zero-order valence-corrected chi connectivity index (χ0v) is 17.2. The van der Waals surface area contributed by atoms with E-state index in [1.165, 1.54) is 0 Å². The molecule has 0 radical (unpaired) electrons. The van der Waals surface area contributed by atoms with E-state index >= 15 is 0 Å². The van der Waals surface area contributed by atoms with Gasteiger partial charge in [0, 0.05) is 38.9 Å². The van der Waals surface area contributed by atoms with E-state index in [9.17, 15) is 4.79 Å². The smallest absolute Gasteiger partial charge is 0.227 e. The third-order valence-electron chi connectivity index (χ3n) is 4.46. The molecule has 4 nitrogen and oxygen atoms in total. The molecule has 0 aliphatic heterocycles. The fourth-order valence-corrected chi connectivity index (χ4v) is 2.69. The lowest BCUT2D eigenvalue weighted by atomic mass is 9.94. The Labute approximate surface area is 169 Å². The molecular formula is C20H29Cl2N3O. The molecule has 2 aromatic rings. The van der Waals surface area contributed by atoms with E-state index in [1.807, 2.05) is 69.6 Å². The van der Waals surface area contributed by atoms with Gasteiger partial charge in [-0.25, -0.2) is 0 Å². The zero-order chi connectivity index (χ0) is 17.5. The molecule has 144 valence electrons. The van der Waals surface area contributed by atoms with Crippen LogP contribution in [0, 0.1) is 5.92 Å². The van der Waals surface area contributed by atoms with Gasteiger partial charge in [-0.15, -0.1) is 24.8 Å². The minimum absolute atomic E-state index is 0. The number of carbonyl (C=O) groups excluding carboxylic acids is 1. The minimum Gasteiger partial charge on any atom is -0.373 e. The second-order valence-corrected chi connectivity index (χ2v) is 6.24. The molecule has 0 aliphatic carbocycles. The van der Waals surface area contributed by atoms with Crippen molar-refractivity contribution >= 4 is 36.4 Å². The predicted molar refractivity (Wildman–Crippen MR) is 114 cm³/mol. The predicted octanol–water partition coefficient (Wildman–Crippen LogP) is 3.76. The molecule has 0 saturated carbocycles. The first-order chi connectivity index (χ1) is 11.5. The molecule has 0 aromatic heterocycles. The fourth-order valence-electron chi connectivity index (χ4n) is 2.69. The Morgan fingerprint density at radius 2 is 1.42 bits per heavy atom. The number of carbonyl (C=O) groups is 1. The first kappa shape index (κ1) is 24.2. The molecule has 2 N–H and O–H groups in total. The first-order valence-corrected chi connectivity index (χ1v) is 8.32. The average molecular weight is 398 g/mol. The van der Waals surface area contributed by atoms with Crippen LogP contribution >= 0.6 is 24.8 Å². The second-order valence-electron chi connectivity index (χ2n) is 6.24. The molecule has 1 amide bonds. The third kappa shape index (κ3) is 6.52. The Balaban J connectivity index is 0.00000312. The maximum atomic E-state index is 12.6. The molecule has 0 saturated heterocycles. The number of amides is 1. The number of likely N-dealkylation sites (N-methyl/N-ethyl adjacent to an activating group) is 2. The zero-order valence-electron chi connectivity index (χ0n) is 15.5. The van der Waals surface area contributed by atoms with Crippen LogP contribution in [-0.2, 0) is 4.79 Å². The Morgan fingerprint density at radius 1 is 0.923 bits per heavy atom. The van der Waals surface area contributed by atoms with Gasteiger partial charge in [-0.05, 0) is 17.7 Å². The van der Waals surface area contributed by atoms with Crippen LogP contribution in [0.15, 0.2) is 60.7 Å². The maximum absolute atomic E-state index is 12.6. The van der Waals surface area contributed by atoms with Gasteiger partial charge in [0.1, 0.15) is 0 Å². The van der Waals surface area contributed by atoms with E-state index in [-0.39, 0.29) is 42.7 Å². The Hall–Kier alpha value is -1.75. The number of rotatable bonds is 7. The first-order valence-electron chi connectivity index (χ1n) is 8.32. The molecule has 2 aromatic carbocycles. The standard InChI is InChI=1S/C20H27N3O.2ClH/c1-16(19(21)17-10-6-4-7-11-17)20(24)23(3)15-14-22(2)18-12-8-5-9-13-18;;/h4-13,16,19H,14-15,21H2,1-3H3;2*1H. The van der Waals surface area contributed by atoms with Crippen molar-refractivity contribution in [1.82, 2.24) is 4.90 Å². The molecule has 2 unspecified atom stereocenters. The number of hydrogen-bond donors (Lipinski definition) is 1. The number of halogens is 2. The van der Waals surface area contributed by atoms with Crippen LogP contribution in [0.2, 0.25) is 0 Å². The van der Waals surface area contributed by atoms with Gasteiger partial charge in [0.15, 0.2) is 0 Å². The highest BCUT2D eigenvalue weighted by atomic mass is 35.5. The van der Waals surface area contributed by atoms with Crippen molar-refractivity contribution in [3.05, 3.63) is 66.2 Å². The van der Waals surface area contributed by atoms with Crippen molar-refractivity contribution in [2.45, 2.75) is 13.0 Å². The molecular weight excluding hydrogens is 369 g/mol. The quantitative estimate of drug-likeness (QED) is 0.773. The minimum atomic E-state index is -0.284. The van der Waals surface area contributed by atoms with Crippen molar-refractivity contribution in [2.24, 2.45) is 11.7 Å². The average Bonchev–Trinajstić information content (AvgIpc) is 2.65. The Kier molecular flexibility index (Phi) is 11.0. The summed E-state index contributed by atoms with van der Waals surface area (Å²) in [7, 11) is 3.88. The van der Waals surface area contributed by atoms with Gasteiger partial charge in [-0.1, -0.05) is 55.5 Å². The molecule has 2 rings (SSSR count). The van der Waals surface area contributed by atoms with Crippen LogP contribution < -0.4 is 10.6 Å². The number of hydrogen-bond acceptors (Lipinski definition) is 3. The van der Waals surface area contributed by atoms with E-state index in [4.69, 9.17) is 5.73 Å². The van der Waals surface area contributed by atoms with Crippen molar-refractivity contribution in [1.29, 1.82) is 0 Å². The lowest BCUT2D eigenvalue weighted by Gasteiger charge is -2.28. The molecule has 0 fully saturated rings. The van der Waals surface area contributed by atoms with Crippen molar-refractivity contribution < 1.29 is 4.79 Å². The summed E-state index contributed by atoms with van der Waals surface area (Å²) in [6.07, 6.45) is 0. The summed E-state index contributed by atoms with van der Waals surface area (Å²) in [5.41, 5.74) is 8.41. The number of benzene rings is 2. The SMILES string of the molecule is CC(C(=O)N(C)CCN(C)c1ccccc1)C(N)c1ccccc1.Cl.Cl. The summed E-state index contributed by atoms with van der Waals surface area (Å²) in [5.74, 6) is -0.174. The molecule has 0 heterocycles. The van der Waals surface area contributed by atoms with Gasteiger partial charge in [0.25, 0.3) is 0 Å². The molecule has 2 atom stereocenters. The topological polar surface area (TPSA) is 49.6 Å². The summed E-state index contributed by atoms with van der Waals surface area (Å²) < 4.78 is 0. The maximum Gasteiger partial charge on any atom is 0.227 e. The largest absolute Gasteiger partial charge is 0.373 e. The molecule has 0 bridgehead atoms. The van der Waals surface area contributed by atoms with Gasteiger partial charge in [0.2, 0.25) is 5.91 Å². The van der Waals surface area contributed by atoms with E-state index in [2.05, 4.69) is 17.0 Å². The van der Waals surface area contributed by atoms with Gasteiger partial charge in [-0.2, -0.15) is 0 Å². The highest BCUT2D eigenvalue weighted by Crippen LogP contribution is 2.20. The second kappa shape index (κ2) is 11.8. The lowest BCUT2D eigenvalue weighted by Crippen LogP contribution is -2.40. The normalized spacial score (nSPS) is 12.2. The molecule has 26 heavy (non-hydrogen) atoms. The van der Waals surface area contributed by atoms with Gasteiger partial charge >= 0.3 is 0 Å². The summed E-state index contributed by atoms with van der Waals surface area (Å²) in [6.45, 7) is 3.34. The van der Waals surface area contributed by atoms with Crippen LogP contribution in [0.1, 0.15) is 18.5 Å². The van der Waals surface area contributed by atoms with E-state index in [0.717, 1.165) is 17.8 Å². The van der Waals surface area contributed by atoms with Crippen molar-refractivity contribution in [3.63, 3.8) is 0 Å². The van der Waals surface area contributed by atoms with Crippen molar-refractivity contribution in [2.75, 3.05) is 32.1 Å². The number of nitrogens with two attached hydrogens (primary N) is 1. The van der Waals surface area contributed by atoms with E-state index < -0.39 is 0 Å². The monoisotopic (exact) mass is 397 g/mol. The van der Waals surface area contributed by atoms with Crippen LogP contribution in [0.25, 0.3) is 0 Å².